The van der Waals surface area contributed by atoms with Crippen molar-refractivity contribution in [3.63, 3.8) is 0 Å². The second-order valence-corrected chi connectivity index (χ2v) is 5.33. The van der Waals surface area contributed by atoms with Crippen LogP contribution in [0.1, 0.15) is 39.5 Å². The number of nitrogens with zero attached hydrogens (tertiary/aromatic N) is 2. The van der Waals surface area contributed by atoms with E-state index in [1.165, 1.54) is 0 Å². The van der Waals surface area contributed by atoms with Gasteiger partial charge in [0.25, 0.3) is 11.2 Å². The Hall–Kier alpha value is -2.18. The Labute approximate surface area is 129 Å². The molecule has 0 aliphatic heterocycles. The molecule has 0 radical (unpaired) electrons. The summed E-state index contributed by atoms with van der Waals surface area (Å²) in [6, 6.07) is 2.23. The minimum absolute atomic E-state index is 0.204. The molecular weight excluding hydrogens is 286 g/mol. The highest BCUT2D eigenvalue weighted by Gasteiger charge is 2.12. The second kappa shape index (κ2) is 8.96. The van der Waals surface area contributed by atoms with Gasteiger partial charge in [0.2, 0.25) is 5.91 Å². The van der Waals surface area contributed by atoms with Crippen LogP contribution in [0, 0.1) is 16.0 Å². The summed E-state index contributed by atoms with van der Waals surface area (Å²) >= 11 is 0. The van der Waals surface area contributed by atoms with Crippen LogP contribution in [-0.2, 0) is 11.3 Å². The first-order valence-electron chi connectivity index (χ1n) is 7.59. The van der Waals surface area contributed by atoms with Gasteiger partial charge in [-0.1, -0.05) is 33.1 Å². The van der Waals surface area contributed by atoms with E-state index in [2.05, 4.69) is 19.2 Å². The molecule has 0 saturated carbocycles. The minimum Gasteiger partial charge on any atom is -0.354 e. The topological polar surface area (TPSA) is 94.2 Å². The average Bonchev–Trinajstić information content (AvgIpc) is 2.49. The van der Waals surface area contributed by atoms with E-state index in [-0.39, 0.29) is 18.1 Å². The number of nitrogens with one attached hydrogen (secondary N) is 1. The van der Waals surface area contributed by atoms with Crippen molar-refractivity contribution in [2.75, 3.05) is 6.54 Å². The van der Waals surface area contributed by atoms with Gasteiger partial charge in [-0.05, 0) is 12.3 Å². The zero-order valence-electron chi connectivity index (χ0n) is 13.1. The zero-order chi connectivity index (χ0) is 16.5. The fourth-order valence-corrected chi connectivity index (χ4v) is 2.16. The first-order chi connectivity index (χ1) is 10.5. The van der Waals surface area contributed by atoms with Crippen LogP contribution < -0.4 is 10.9 Å². The summed E-state index contributed by atoms with van der Waals surface area (Å²) in [7, 11) is 0. The summed E-state index contributed by atoms with van der Waals surface area (Å²) in [5, 5.41) is 13.5. The van der Waals surface area contributed by atoms with Crippen molar-refractivity contribution in [1.82, 2.24) is 9.88 Å². The minimum atomic E-state index is -0.592. The van der Waals surface area contributed by atoms with Crippen LogP contribution in [0.25, 0.3) is 0 Å². The van der Waals surface area contributed by atoms with Gasteiger partial charge in [0.15, 0.2) is 0 Å². The maximum absolute atomic E-state index is 11.9. The monoisotopic (exact) mass is 309 g/mol. The molecule has 0 spiro atoms. The lowest BCUT2D eigenvalue weighted by atomic mass is 9.99. The summed E-state index contributed by atoms with van der Waals surface area (Å²) in [6.07, 6.45) is 5.38. The molecule has 7 nitrogen and oxygen atoms in total. The number of rotatable bonds is 9. The second-order valence-electron chi connectivity index (χ2n) is 5.33. The van der Waals surface area contributed by atoms with E-state index < -0.39 is 10.5 Å². The van der Waals surface area contributed by atoms with E-state index in [9.17, 15) is 19.7 Å². The van der Waals surface area contributed by atoms with E-state index in [1.54, 1.807) is 0 Å². The van der Waals surface area contributed by atoms with Crippen LogP contribution in [0.3, 0.4) is 0 Å². The first kappa shape index (κ1) is 17.9. The van der Waals surface area contributed by atoms with Crippen LogP contribution >= 0.6 is 0 Å². The molecule has 0 aromatic carbocycles. The van der Waals surface area contributed by atoms with Gasteiger partial charge in [0.05, 0.1) is 11.1 Å². The summed E-state index contributed by atoms with van der Waals surface area (Å²) in [6.45, 7) is 4.57. The number of carbonyl (C=O) groups excluding carboxylic acids is 1. The Balaban J connectivity index is 2.59. The molecule has 1 unspecified atom stereocenters. The number of amides is 1. The molecule has 7 heteroatoms. The zero-order valence-corrected chi connectivity index (χ0v) is 13.1. The van der Waals surface area contributed by atoms with Gasteiger partial charge in [-0.15, -0.1) is 0 Å². The Morgan fingerprint density at radius 2 is 2.14 bits per heavy atom. The standard InChI is InChI=1S/C15H23N3O4/c1-3-5-6-12(4-2)9-16-14(19)11-17-10-13(18(21)22)7-8-15(17)20/h7-8,10,12H,3-6,9,11H2,1-2H3,(H,16,19). The first-order valence-corrected chi connectivity index (χ1v) is 7.59. The molecule has 1 aromatic heterocycles. The highest BCUT2D eigenvalue weighted by molar-refractivity contribution is 5.75. The van der Waals surface area contributed by atoms with Crippen molar-refractivity contribution >= 4 is 11.6 Å². The largest absolute Gasteiger partial charge is 0.354 e. The van der Waals surface area contributed by atoms with Gasteiger partial charge in [0.1, 0.15) is 6.54 Å². The molecular formula is C15H23N3O4. The number of hydrogen-bond donors (Lipinski definition) is 1. The Bertz CT molecular complexity index is 568. The molecule has 0 fully saturated rings. The predicted molar refractivity (Wildman–Crippen MR) is 83.7 cm³/mol. The highest BCUT2D eigenvalue weighted by atomic mass is 16.6. The molecule has 1 amide bonds. The third-order valence-electron chi connectivity index (χ3n) is 3.62. The lowest BCUT2D eigenvalue weighted by Crippen LogP contribution is -2.34. The molecule has 1 heterocycles. The molecule has 22 heavy (non-hydrogen) atoms. The molecule has 0 aliphatic carbocycles. The van der Waals surface area contributed by atoms with Gasteiger partial charge in [-0.25, -0.2) is 0 Å². The van der Waals surface area contributed by atoms with Gasteiger partial charge < -0.3 is 5.32 Å². The van der Waals surface area contributed by atoms with E-state index in [4.69, 9.17) is 0 Å². The van der Waals surface area contributed by atoms with Crippen molar-refractivity contribution < 1.29 is 9.72 Å². The molecule has 1 atom stereocenters. The number of aromatic nitrogens is 1. The maximum Gasteiger partial charge on any atom is 0.285 e. The van der Waals surface area contributed by atoms with E-state index in [0.29, 0.717) is 12.5 Å². The Morgan fingerprint density at radius 1 is 1.41 bits per heavy atom. The van der Waals surface area contributed by atoms with Crippen LogP contribution in [0.4, 0.5) is 5.69 Å². The van der Waals surface area contributed by atoms with Crippen LogP contribution in [0.5, 0.6) is 0 Å². The van der Waals surface area contributed by atoms with E-state index in [0.717, 1.165) is 48.6 Å². The Morgan fingerprint density at radius 3 is 2.73 bits per heavy atom. The van der Waals surface area contributed by atoms with Crippen LogP contribution in [-0.4, -0.2) is 21.9 Å². The van der Waals surface area contributed by atoms with E-state index in [1.807, 2.05) is 0 Å². The summed E-state index contributed by atoms with van der Waals surface area (Å²) in [5.41, 5.74) is -0.638. The quantitative estimate of drug-likeness (QED) is 0.558. The van der Waals surface area contributed by atoms with Crippen molar-refractivity contribution in [3.8, 4) is 0 Å². The normalized spacial score (nSPS) is 11.9. The fourth-order valence-electron chi connectivity index (χ4n) is 2.16. The summed E-state index contributed by atoms with van der Waals surface area (Å²) < 4.78 is 1.06. The van der Waals surface area contributed by atoms with Crippen molar-refractivity contribution in [2.24, 2.45) is 5.92 Å². The number of pyridine rings is 1. The SMILES string of the molecule is CCCCC(CC)CNC(=O)Cn1cc([N+](=O)[O-])ccc1=O. The molecule has 0 aliphatic rings. The molecule has 1 rings (SSSR count). The number of nitro groups is 1. The fraction of sp³-hybridized carbons (Fsp3) is 0.600. The van der Waals surface area contributed by atoms with Gasteiger partial charge in [-0.2, -0.15) is 0 Å². The number of unbranched alkanes of at least 4 members (excludes halogenated alkanes) is 1. The third-order valence-corrected chi connectivity index (χ3v) is 3.62. The third kappa shape index (κ3) is 5.67. The average molecular weight is 309 g/mol. The molecule has 0 bridgehead atoms. The lowest BCUT2D eigenvalue weighted by Gasteiger charge is -2.15. The van der Waals surface area contributed by atoms with Gasteiger partial charge in [-0.3, -0.25) is 24.3 Å². The molecule has 122 valence electrons. The highest BCUT2D eigenvalue weighted by Crippen LogP contribution is 2.11. The maximum atomic E-state index is 11.9. The van der Waals surface area contributed by atoms with Crippen LogP contribution in [0.2, 0.25) is 0 Å². The van der Waals surface area contributed by atoms with Gasteiger partial charge in [0, 0.05) is 18.7 Å². The van der Waals surface area contributed by atoms with Gasteiger partial charge >= 0.3 is 0 Å². The molecule has 1 N–H and O–H groups in total. The number of hydrogen-bond acceptors (Lipinski definition) is 4. The number of carbonyl (C=O) groups is 1. The van der Waals surface area contributed by atoms with Crippen molar-refractivity contribution in [1.29, 1.82) is 0 Å². The van der Waals surface area contributed by atoms with Crippen molar-refractivity contribution in [3.05, 3.63) is 38.8 Å². The lowest BCUT2D eigenvalue weighted by molar-refractivity contribution is -0.385. The van der Waals surface area contributed by atoms with Crippen LogP contribution in [0.15, 0.2) is 23.1 Å². The summed E-state index contributed by atoms with van der Waals surface area (Å²) in [4.78, 5) is 33.6. The predicted octanol–water partition coefficient (Wildman–Crippen LogP) is 2.09. The van der Waals surface area contributed by atoms with E-state index >= 15 is 0 Å². The smallest absolute Gasteiger partial charge is 0.285 e. The summed E-state index contributed by atoms with van der Waals surface area (Å²) in [5.74, 6) is 0.114. The molecule has 0 saturated heterocycles. The van der Waals surface area contributed by atoms with Crippen molar-refractivity contribution in [2.45, 2.75) is 46.1 Å². The molecule has 1 aromatic rings. The Kier molecular flexibility index (Phi) is 7.28.